The number of anilines is 1. The second-order valence-electron chi connectivity index (χ2n) is 3.40. The molecule has 1 atom stereocenters. The van der Waals surface area contributed by atoms with Gasteiger partial charge < -0.3 is 10.6 Å². The minimum absolute atomic E-state index is 0.294. The molecule has 2 rings (SSSR count). The van der Waals surface area contributed by atoms with Gasteiger partial charge >= 0.3 is 0 Å². The summed E-state index contributed by atoms with van der Waals surface area (Å²) >= 11 is 1.56. The van der Waals surface area contributed by atoms with Crippen LogP contribution < -0.4 is 10.6 Å². The van der Waals surface area contributed by atoms with Crippen LogP contribution in [0.3, 0.4) is 0 Å². The lowest BCUT2D eigenvalue weighted by Crippen LogP contribution is -2.26. The molecular weight excluding hydrogens is 196 g/mol. The maximum absolute atomic E-state index is 5.84. The third kappa shape index (κ3) is 1.99. The van der Waals surface area contributed by atoms with Crippen LogP contribution in [0.2, 0.25) is 0 Å². The molecule has 1 fully saturated rings. The molecule has 2 heterocycles. The van der Waals surface area contributed by atoms with Crippen molar-refractivity contribution >= 4 is 17.6 Å². The lowest BCUT2D eigenvalue weighted by atomic mass is 10.3. The van der Waals surface area contributed by atoms with E-state index in [-0.39, 0.29) is 0 Å². The smallest absolute Gasteiger partial charge is 0.189 e. The Bertz CT molecular complexity index is 317. The Morgan fingerprint density at radius 2 is 2.50 bits per heavy atom. The number of hydrogen-bond acceptors (Lipinski definition) is 5. The van der Waals surface area contributed by atoms with Gasteiger partial charge in [0.1, 0.15) is 5.82 Å². The van der Waals surface area contributed by atoms with Crippen molar-refractivity contribution in [3.63, 3.8) is 0 Å². The number of thioether (sulfide) groups is 1. The molecule has 1 aliphatic rings. The molecule has 14 heavy (non-hydrogen) atoms. The molecule has 1 aliphatic heterocycles. The number of nitrogens with zero attached hydrogens (tertiary/aromatic N) is 3. The normalized spacial score (nSPS) is 21.6. The maximum Gasteiger partial charge on any atom is 0.189 e. The highest BCUT2D eigenvalue weighted by Gasteiger charge is 2.20. The van der Waals surface area contributed by atoms with Gasteiger partial charge in [-0.1, -0.05) is 11.8 Å². The van der Waals surface area contributed by atoms with Crippen molar-refractivity contribution in [2.45, 2.75) is 17.6 Å². The van der Waals surface area contributed by atoms with Crippen molar-refractivity contribution in [2.75, 3.05) is 24.2 Å². The highest BCUT2D eigenvalue weighted by molar-refractivity contribution is 7.98. The summed E-state index contributed by atoms with van der Waals surface area (Å²) in [5.74, 6) is 0.998. The first-order chi connectivity index (χ1) is 6.79. The summed E-state index contributed by atoms with van der Waals surface area (Å²) < 4.78 is 0. The first-order valence-corrected chi connectivity index (χ1v) is 5.89. The fourth-order valence-electron chi connectivity index (χ4n) is 1.60. The third-order valence-electron chi connectivity index (χ3n) is 2.35. The standard InChI is InChI=1S/C9H14N4S/c1-14-9-11-4-2-8(12-9)13-5-3-7(10)6-13/h2,4,7H,3,5-6,10H2,1H3/t7-/m0/s1. The highest BCUT2D eigenvalue weighted by atomic mass is 32.2. The third-order valence-corrected chi connectivity index (χ3v) is 2.91. The first-order valence-electron chi connectivity index (χ1n) is 4.67. The predicted octanol–water partition coefficient (Wildman–Crippen LogP) is 0.736. The molecule has 0 saturated carbocycles. The van der Waals surface area contributed by atoms with E-state index in [2.05, 4.69) is 14.9 Å². The summed E-state index contributed by atoms with van der Waals surface area (Å²) in [4.78, 5) is 10.8. The van der Waals surface area contributed by atoms with E-state index in [1.165, 1.54) is 0 Å². The zero-order chi connectivity index (χ0) is 9.97. The van der Waals surface area contributed by atoms with Gasteiger partial charge in [-0.15, -0.1) is 0 Å². The lowest BCUT2D eigenvalue weighted by Gasteiger charge is -2.16. The predicted molar refractivity (Wildman–Crippen MR) is 58.6 cm³/mol. The monoisotopic (exact) mass is 210 g/mol. The van der Waals surface area contributed by atoms with E-state index in [0.29, 0.717) is 6.04 Å². The molecule has 0 radical (unpaired) electrons. The molecule has 1 aromatic rings. The Morgan fingerprint density at radius 3 is 3.14 bits per heavy atom. The lowest BCUT2D eigenvalue weighted by molar-refractivity contribution is 0.750. The largest absolute Gasteiger partial charge is 0.355 e. The molecule has 0 amide bonds. The van der Waals surface area contributed by atoms with E-state index >= 15 is 0 Å². The molecule has 1 saturated heterocycles. The van der Waals surface area contributed by atoms with Gasteiger partial charge in [-0.2, -0.15) is 0 Å². The molecule has 0 bridgehead atoms. The van der Waals surface area contributed by atoms with Crippen molar-refractivity contribution in [1.82, 2.24) is 9.97 Å². The van der Waals surface area contributed by atoms with Crippen LogP contribution in [-0.2, 0) is 0 Å². The minimum atomic E-state index is 0.294. The fourth-order valence-corrected chi connectivity index (χ4v) is 1.95. The van der Waals surface area contributed by atoms with E-state index < -0.39 is 0 Å². The minimum Gasteiger partial charge on any atom is -0.355 e. The van der Waals surface area contributed by atoms with Crippen LogP contribution in [0.4, 0.5) is 5.82 Å². The average Bonchev–Trinajstić information content (AvgIpc) is 2.65. The molecule has 0 unspecified atom stereocenters. The van der Waals surface area contributed by atoms with Crippen molar-refractivity contribution in [1.29, 1.82) is 0 Å². The van der Waals surface area contributed by atoms with Gasteiger partial charge in [-0.25, -0.2) is 9.97 Å². The molecule has 0 aliphatic carbocycles. The van der Waals surface area contributed by atoms with Crippen molar-refractivity contribution in [2.24, 2.45) is 5.73 Å². The van der Waals surface area contributed by atoms with E-state index in [0.717, 1.165) is 30.5 Å². The van der Waals surface area contributed by atoms with Gasteiger partial charge in [0.15, 0.2) is 5.16 Å². The number of aromatic nitrogens is 2. The Morgan fingerprint density at radius 1 is 1.64 bits per heavy atom. The van der Waals surface area contributed by atoms with Crippen LogP contribution >= 0.6 is 11.8 Å². The van der Waals surface area contributed by atoms with Crippen LogP contribution in [0.15, 0.2) is 17.4 Å². The average molecular weight is 210 g/mol. The van der Waals surface area contributed by atoms with Crippen LogP contribution in [-0.4, -0.2) is 35.4 Å². The fraction of sp³-hybridized carbons (Fsp3) is 0.556. The van der Waals surface area contributed by atoms with Crippen molar-refractivity contribution < 1.29 is 0 Å². The van der Waals surface area contributed by atoms with Gasteiger partial charge in [0, 0.05) is 25.3 Å². The molecule has 1 aromatic heterocycles. The summed E-state index contributed by atoms with van der Waals surface area (Å²) in [6, 6.07) is 2.24. The van der Waals surface area contributed by atoms with Crippen LogP contribution in [0, 0.1) is 0 Å². The molecule has 0 aromatic carbocycles. The van der Waals surface area contributed by atoms with Gasteiger partial charge in [0.05, 0.1) is 0 Å². The van der Waals surface area contributed by atoms with E-state index in [1.807, 2.05) is 12.3 Å². The summed E-state index contributed by atoms with van der Waals surface area (Å²) in [5.41, 5.74) is 5.84. The summed E-state index contributed by atoms with van der Waals surface area (Å²) in [5, 5.41) is 0.822. The van der Waals surface area contributed by atoms with E-state index in [9.17, 15) is 0 Å². The second kappa shape index (κ2) is 4.14. The quantitative estimate of drug-likeness (QED) is 0.576. The number of rotatable bonds is 2. The number of nitrogens with two attached hydrogens (primary N) is 1. The van der Waals surface area contributed by atoms with Gasteiger partial charge in [-0.3, -0.25) is 0 Å². The zero-order valence-electron chi connectivity index (χ0n) is 8.18. The Hall–Kier alpha value is -0.810. The first kappa shape index (κ1) is 9.73. The maximum atomic E-state index is 5.84. The van der Waals surface area contributed by atoms with Crippen molar-refractivity contribution in [3.05, 3.63) is 12.3 Å². The summed E-state index contributed by atoms with van der Waals surface area (Å²) in [6.45, 7) is 1.91. The Balaban J connectivity index is 2.15. The topological polar surface area (TPSA) is 55.0 Å². The Kier molecular flexibility index (Phi) is 2.88. The highest BCUT2D eigenvalue weighted by Crippen LogP contribution is 2.18. The van der Waals surface area contributed by atoms with Crippen molar-refractivity contribution in [3.8, 4) is 0 Å². The molecule has 4 nitrogen and oxygen atoms in total. The van der Waals surface area contributed by atoms with Gasteiger partial charge in [0.2, 0.25) is 0 Å². The van der Waals surface area contributed by atoms with Gasteiger partial charge in [0.25, 0.3) is 0 Å². The summed E-state index contributed by atoms with van der Waals surface area (Å²) in [6.07, 6.45) is 4.84. The molecule has 5 heteroatoms. The number of hydrogen-bond donors (Lipinski definition) is 1. The van der Waals surface area contributed by atoms with Crippen LogP contribution in [0.1, 0.15) is 6.42 Å². The van der Waals surface area contributed by atoms with E-state index in [1.54, 1.807) is 18.0 Å². The van der Waals surface area contributed by atoms with Crippen LogP contribution in [0.5, 0.6) is 0 Å². The van der Waals surface area contributed by atoms with Crippen LogP contribution in [0.25, 0.3) is 0 Å². The molecule has 76 valence electrons. The van der Waals surface area contributed by atoms with Gasteiger partial charge in [-0.05, 0) is 18.7 Å². The molecule has 2 N–H and O–H groups in total. The second-order valence-corrected chi connectivity index (χ2v) is 4.17. The zero-order valence-corrected chi connectivity index (χ0v) is 9.00. The van der Waals surface area contributed by atoms with E-state index in [4.69, 9.17) is 5.73 Å². The SMILES string of the molecule is CSc1nccc(N2CC[C@H](N)C2)n1. The molecule has 0 spiro atoms. The summed E-state index contributed by atoms with van der Waals surface area (Å²) in [7, 11) is 0. The Labute approximate surface area is 87.9 Å². The molecular formula is C9H14N4S.